The molecule has 42 heavy (non-hydrogen) atoms. The van der Waals surface area contributed by atoms with Crippen molar-refractivity contribution >= 4 is 41.7 Å². The number of anilines is 2. The summed E-state index contributed by atoms with van der Waals surface area (Å²) in [6, 6.07) is 26.1. The Kier molecular flexibility index (Phi) is 10.2. The molecule has 0 spiro atoms. The zero-order valence-corrected chi connectivity index (χ0v) is 26.5. The molecule has 1 amide bonds. The summed E-state index contributed by atoms with van der Waals surface area (Å²) in [5.74, 6) is -0.177. The maximum absolute atomic E-state index is 13.2. The second kappa shape index (κ2) is 13.6. The molecule has 1 N–H and O–H groups in total. The molecule has 0 aromatic heterocycles. The number of hydrogen-bond donors (Lipinski definition) is 1. The molecule has 9 heteroatoms. The molecule has 3 aromatic carbocycles. The highest BCUT2D eigenvalue weighted by atomic mass is 28.4. The molecule has 1 aliphatic rings. The largest absolute Gasteiger partial charge is 0.407 e. The lowest BCUT2D eigenvalue weighted by molar-refractivity contribution is -0.384. The summed E-state index contributed by atoms with van der Waals surface area (Å²) in [4.78, 5) is 28.9. The van der Waals surface area contributed by atoms with Gasteiger partial charge >= 0.3 is 0 Å². The van der Waals surface area contributed by atoms with E-state index in [-0.39, 0.29) is 23.1 Å². The zero-order valence-electron chi connectivity index (χ0n) is 25.5. The van der Waals surface area contributed by atoms with Crippen LogP contribution in [0, 0.1) is 10.1 Å². The number of nitrogens with zero attached hydrogens (tertiary/aromatic N) is 3. The van der Waals surface area contributed by atoms with E-state index in [0.717, 1.165) is 31.9 Å². The number of benzene rings is 3. The van der Waals surface area contributed by atoms with Crippen LogP contribution in [0.2, 0.25) is 5.04 Å². The van der Waals surface area contributed by atoms with Gasteiger partial charge < -0.3 is 14.6 Å². The number of hydrogen-bond acceptors (Lipinski definition) is 6. The van der Waals surface area contributed by atoms with Crippen LogP contribution in [0.4, 0.5) is 17.1 Å². The monoisotopic (exact) mass is 588 g/mol. The maximum Gasteiger partial charge on any atom is 0.271 e. The number of carbonyl (C=O) groups is 1. The number of nitro groups is 1. The number of carbonyl (C=O) groups excluding carboxylic acids is 1. The van der Waals surface area contributed by atoms with Crippen LogP contribution in [0.3, 0.4) is 0 Å². The summed E-state index contributed by atoms with van der Waals surface area (Å²) in [7, 11) is -2.68. The Balaban J connectivity index is 1.47. The lowest BCUT2D eigenvalue weighted by atomic mass is 10.1. The molecule has 0 radical (unpaired) electrons. The van der Waals surface area contributed by atoms with E-state index >= 15 is 0 Å². The van der Waals surface area contributed by atoms with Gasteiger partial charge in [-0.3, -0.25) is 19.8 Å². The van der Waals surface area contributed by atoms with Crippen molar-refractivity contribution in [2.24, 2.45) is 0 Å². The fourth-order valence-corrected chi connectivity index (χ4v) is 10.5. The van der Waals surface area contributed by atoms with Crippen molar-refractivity contribution in [3.63, 3.8) is 0 Å². The highest BCUT2D eigenvalue weighted by molar-refractivity contribution is 6.99. The Morgan fingerprint density at radius 2 is 1.52 bits per heavy atom. The van der Waals surface area contributed by atoms with Crippen LogP contribution < -0.4 is 20.6 Å². The smallest absolute Gasteiger partial charge is 0.271 e. The van der Waals surface area contributed by atoms with Gasteiger partial charge in [-0.05, 0) is 41.7 Å². The van der Waals surface area contributed by atoms with Crippen molar-refractivity contribution in [1.82, 2.24) is 4.90 Å². The quantitative estimate of drug-likeness (QED) is 0.139. The first kappa shape index (κ1) is 31.4. The molecule has 224 valence electrons. The van der Waals surface area contributed by atoms with E-state index in [1.54, 1.807) is 6.07 Å². The molecular weight excluding hydrogens is 544 g/mol. The van der Waals surface area contributed by atoms with Gasteiger partial charge in [0.25, 0.3) is 14.0 Å². The van der Waals surface area contributed by atoms with Crippen LogP contribution >= 0.6 is 0 Å². The van der Waals surface area contributed by atoms with E-state index in [1.165, 1.54) is 22.5 Å². The van der Waals surface area contributed by atoms with E-state index in [1.807, 2.05) is 12.1 Å². The lowest BCUT2D eigenvalue weighted by Gasteiger charge is -2.43. The first-order valence-corrected chi connectivity index (χ1v) is 16.8. The molecule has 4 rings (SSSR count). The van der Waals surface area contributed by atoms with Gasteiger partial charge in [0.15, 0.2) is 0 Å². The van der Waals surface area contributed by atoms with E-state index in [0.29, 0.717) is 24.8 Å². The molecule has 1 aliphatic heterocycles. The minimum absolute atomic E-state index is 0.0371. The van der Waals surface area contributed by atoms with Crippen LogP contribution in [0.5, 0.6) is 0 Å². The van der Waals surface area contributed by atoms with Gasteiger partial charge in [-0.2, -0.15) is 0 Å². The van der Waals surface area contributed by atoms with E-state index in [9.17, 15) is 14.9 Å². The summed E-state index contributed by atoms with van der Waals surface area (Å²) < 4.78 is 6.92. The fraction of sp³-hybridized carbons (Fsp3) is 0.424. The van der Waals surface area contributed by atoms with Gasteiger partial charge in [0.2, 0.25) is 5.91 Å². The number of rotatable bonds is 11. The van der Waals surface area contributed by atoms with Crippen molar-refractivity contribution in [2.45, 2.75) is 58.5 Å². The zero-order chi connectivity index (χ0) is 30.3. The highest BCUT2D eigenvalue weighted by Gasteiger charge is 2.50. The summed E-state index contributed by atoms with van der Waals surface area (Å²) in [5, 5.41) is 16.8. The Morgan fingerprint density at radius 3 is 2.02 bits per heavy atom. The topological polar surface area (TPSA) is 88.0 Å². The summed E-state index contributed by atoms with van der Waals surface area (Å²) in [6.45, 7) is 14.9. The Bertz CT molecular complexity index is 1300. The Labute approximate surface area is 251 Å². The fourth-order valence-electron chi connectivity index (χ4n) is 5.92. The minimum atomic E-state index is -2.68. The number of nitro benzene ring substituents is 1. The van der Waals surface area contributed by atoms with Crippen LogP contribution in [0.25, 0.3) is 0 Å². The first-order valence-electron chi connectivity index (χ1n) is 14.9. The summed E-state index contributed by atoms with van der Waals surface area (Å²) in [5.41, 5.74) is 1.27. The van der Waals surface area contributed by atoms with Crippen LogP contribution in [0.1, 0.15) is 47.5 Å². The third kappa shape index (κ3) is 7.08. The number of nitrogens with one attached hydrogen (secondary N) is 1. The SMILES string of the molecule is CC(C)N1CCN(c2ccc([N+](=O)[O-])cc2NC(=O)CCCO[Si](c2ccccc2)(c2ccccc2)C(C)(C)C)CC1. The molecule has 8 nitrogen and oxygen atoms in total. The molecular formula is C33H44N4O4Si. The number of non-ortho nitro benzene ring substituents is 1. The average molecular weight is 589 g/mol. The molecule has 0 bridgehead atoms. The summed E-state index contributed by atoms with van der Waals surface area (Å²) in [6.07, 6.45) is 0.787. The standard InChI is InChI=1S/C33H44N4O4Si/c1-26(2)35-20-22-36(23-21-35)31-19-18-27(37(39)40)25-30(31)34-32(38)17-12-24-41-42(33(3,4)5,28-13-8-6-9-14-28)29-15-10-7-11-16-29/h6-11,13-16,18-19,25-26H,12,17,20-24H2,1-5H3,(H,34,38). The molecule has 1 fully saturated rings. The molecule has 0 atom stereocenters. The summed E-state index contributed by atoms with van der Waals surface area (Å²) >= 11 is 0. The van der Waals surface area contributed by atoms with Crippen molar-refractivity contribution in [3.8, 4) is 0 Å². The van der Waals surface area contributed by atoms with Gasteiger partial charge in [0.05, 0.1) is 16.3 Å². The van der Waals surface area contributed by atoms with E-state index in [4.69, 9.17) is 4.43 Å². The van der Waals surface area contributed by atoms with E-state index < -0.39 is 13.2 Å². The average Bonchev–Trinajstić information content (AvgIpc) is 2.97. The molecule has 1 heterocycles. The van der Waals surface area contributed by atoms with Crippen LogP contribution in [-0.4, -0.2) is 62.9 Å². The number of piperazine rings is 1. The van der Waals surface area contributed by atoms with Gasteiger partial charge in [-0.1, -0.05) is 81.4 Å². The van der Waals surface area contributed by atoms with Gasteiger partial charge in [-0.25, -0.2) is 0 Å². The lowest BCUT2D eigenvalue weighted by Crippen LogP contribution is -2.66. The molecule has 0 saturated carbocycles. The minimum Gasteiger partial charge on any atom is -0.407 e. The molecule has 0 unspecified atom stereocenters. The second-order valence-electron chi connectivity index (χ2n) is 12.2. The van der Waals surface area contributed by atoms with Crippen molar-refractivity contribution in [2.75, 3.05) is 43.0 Å². The normalized spacial score (nSPS) is 14.7. The highest BCUT2D eigenvalue weighted by Crippen LogP contribution is 2.37. The third-order valence-corrected chi connectivity index (χ3v) is 13.2. The van der Waals surface area contributed by atoms with Gasteiger partial charge in [0, 0.05) is 57.4 Å². The van der Waals surface area contributed by atoms with Crippen molar-refractivity contribution in [1.29, 1.82) is 0 Å². The number of amides is 1. The van der Waals surface area contributed by atoms with Gasteiger partial charge in [0.1, 0.15) is 0 Å². The molecule has 0 aliphatic carbocycles. The van der Waals surface area contributed by atoms with Crippen molar-refractivity contribution < 1.29 is 14.1 Å². The van der Waals surface area contributed by atoms with Crippen LogP contribution in [0.15, 0.2) is 78.9 Å². The van der Waals surface area contributed by atoms with Crippen molar-refractivity contribution in [3.05, 3.63) is 89.0 Å². The molecule has 3 aromatic rings. The van der Waals surface area contributed by atoms with Crippen LogP contribution in [-0.2, 0) is 9.22 Å². The van der Waals surface area contributed by atoms with Gasteiger partial charge in [-0.15, -0.1) is 0 Å². The Morgan fingerprint density at radius 1 is 0.952 bits per heavy atom. The predicted molar refractivity (Wildman–Crippen MR) is 173 cm³/mol. The van der Waals surface area contributed by atoms with E-state index in [2.05, 4.69) is 98.3 Å². The predicted octanol–water partition coefficient (Wildman–Crippen LogP) is 5.42. The maximum atomic E-state index is 13.2. The Hall–Kier alpha value is -3.53. The first-order chi connectivity index (χ1) is 20.0. The second-order valence-corrected chi connectivity index (χ2v) is 16.5. The third-order valence-electron chi connectivity index (χ3n) is 8.13. The molecule has 1 saturated heterocycles.